The SMILES string of the molecule is Cc1nn(C2CCCC2)cc1CNC1CC1. The van der Waals surface area contributed by atoms with Crippen LogP contribution in [0.15, 0.2) is 6.20 Å². The highest BCUT2D eigenvalue weighted by Crippen LogP contribution is 2.29. The van der Waals surface area contributed by atoms with Gasteiger partial charge < -0.3 is 5.32 Å². The van der Waals surface area contributed by atoms with Gasteiger partial charge in [0, 0.05) is 24.3 Å². The molecule has 1 heterocycles. The molecule has 1 aromatic heterocycles. The normalized spacial score (nSPS) is 21.8. The summed E-state index contributed by atoms with van der Waals surface area (Å²) in [4.78, 5) is 0. The van der Waals surface area contributed by atoms with Crippen molar-refractivity contribution in [3.63, 3.8) is 0 Å². The molecule has 1 aromatic rings. The van der Waals surface area contributed by atoms with E-state index in [1.165, 1.54) is 49.8 Å². The van der Waals surface area contributed by atoms with Crippen molar-refractivity contribution >= 4 is 0 Å². The number of aryl methyl sites for hydroxylation is 1. The zero-order valence-corrected chi connectivity index (χ0v) is 10.1. The van der Waals surface area contributed by atoms with Crippen LogP contribution in [0.3, 0.4) is 0 Å². The van der Waals surface area contributed by atoms with Gasteiger partial charge in [-0.25, -0.2) is 0 Å². The first-order chi connectivity index (χ1) is 7.83. The molecule has 0 aromatic carbocycles. The third-order valence-corrected chi connectivity index (χ3v) is 3.88. The highest BCUT2D eigenvalue weighted by Gasteiger charge is 2.22. The number of aromatic nitrogens is 2. The maximum Gasteiger partial charge on any atom is 0.0638 e. The number of nitrogens with zero attached hydrogens (tertiary/aromatic N) is 2. The summed E-state index contributed by atoms with van der Waals surface area (Å²) in [5.74, 6) is 0. The summed E-state index contributed by atoms with van der Waals surface area (Å²) in [5, 5.41) is 8.23. The Labute approximate surface area is 97.2 Å². The minimum absolute atomic E-state index is 0.674. The highest BCUT2D eigenvalue weighted by atomic mass is 15.3. The zero-order chi connectivity index (χ0) is 11.0. The minimum atomic E-state index is 0.674. The summed E-state index contributed by atoms with van der Waals surface area (Å²) in [6, 6.07) is 1.46. The van der Waals surface area contributed by atoms with Crippen molar-refractivity contribution in [2.75, 3.05) is 0 Å². The van der Waals surface area contributed by atoms with Crippen LogP contribution in [0, 0.1) is 6.92 Å². The van der Waals surface area contributed by atoms with Crippen LogP contribution in [-0.2, 0) is 6.54 Å². The van der Waals surface area contributed by atoms with Gasteiger partial charge in [0.25, 0.3) is 0 Å². The van der Waals surface area contributed by atoms with Gasteiger partial charge in [0.2, 0.25) is 0 Å². The predicted molar refractivity (Wildman–Crippen MR) is 64.3 cm³/mol. The lowest BCUT2D eigenvalue weighted by molar-refractivity contribution is 0.464. The standard InChI is InChI=1S/C13H21N3/c1-10-11(8-14-12-6-7-12)9-16(15-10)13-4-2-3-5-13/h9,12-14H,2-8H2,1H3. The number of hydrogen-bond donors (Lipinski definition) is 1. The number of hydrogen-bond acceptors (Lipinski definition) is 2. The molecular formula is C13H21N3. The summed E-state index contributed by atoms with van der Waals surface area (Å²) in [6.45, 7) is 3.14. The lowest BCUT2D eigenvalue weighted by Gasteiger charge is -2.08. The van der Waals surface area contributed by atoms with Crippen molar-refractivity contribution in [1.29, 1.82) is 0 Å². The van der Waals surface area contributed by atoms with Crippen LogP contribution in [0.1, 0.15) is 55.8 Å². The molecule has 0 amide bonds. The largest absolute Gasteiger partial charge is 0.310 e. The van der Waals surface area contributed by atoms with Crippen LogP contribution < -0.4 is 5.32 Å². The van der Waals surface area contributed by atoms with E-state index in [1.807, 2.05) is 0 Å². The molecule has 2 saturated carbocycles. The zero-order valence-electron chi connectivity index (χ0n) is 10.1. The Hall–Kier alpha value is -0.830. The number of rotatable bonds is 4. The van der Waals surface area contributed by atoms with Gasteiger partial charge in [-0.3, -0.25) is 4.68 Å². The van der Waals surface area contributed by atoms with Crippen molar-refractivity contribution in [3.8, 4) is 0 Å². The van der Waals surface area contributed by atoms with E-state index in [0.29, 0.717) is 6.04 Å². The average molecular weight is 219 g/mol. The van der Waals surface area contributed by atoms with Crippen molar-refractivity contribution in [1.82, 2.24) is 15.1 Å². The van der Waals surface area contributed by atoms with Crippen LogP contribution in [0.5, 0.6) is 0 Å². The Bertz CT molecular complexity index is 359. The van der Waals surface area contributed by atoms with E-state index in [1.54, 1.807) is 0 Å². The molecule has 2 fully saturated rings. The monoisotopic (exact) mass is 219 g/mol. The molecule has 0 unspecified atom stereocenters. The lowest BCUT2D eigenvalue weighted by atomic mass is 10.2. The second kappa shape index (κ2) is 4.21. The quantitative estimate of drug-likeness (QED) is 0.843. The van der Waals surface area contributed by atoms with Gasteiger partial charge in [0.15, 0.2) is 0 Å². The van der Waals surface area contributed by atoms with Crippen molar-refractivity contribution in [2.24, 2.45) is 0 Å². The van der Waals surface area contributed by atoms with Crippen LogP contribution in [-0.4, -0.2) is 15.8 Å². The van der Waals surface area contributed by atoms with Gasteiger partial charge in [-0.15, -0.1) is 0 Å². The smallest absolute Gasteiger partial charge is 0.0638 e. The van der Waals surface area contributed by atoms with E-state index in [2.05, 4.69) is 28.2 Å². The summed E-state index contributed by atoms with van der Waals surface area (Å²) in [6.07, 6.45) is 10.4. The summed E-state index contributed by atoms with van der Waals surface area (Å²) in [7, 11) is 0. The molecule has 88 valence electrons. The molecule has 3 rings (SSSR count). The fourth-order valence-electron chi connectivity index (χ4n) is 2.59. The van der Waals surface area contributed by atoms with Gasteiger partial charge in [0.1, 0.15) is 0 Å². The van der Waals surface area contributed by atoms with Crippen molar-refractivity contribution in [2.45, 2.75) is 64.1 Å². The highest BCUT2D eigenvalue weighted by molar-refractivity contribution is 5.16. The Kier molecular flexibility index (Phi) is 2.72. The Morgan fingerprint density at radius 2 is 2.06 bits per heavy atom. The van der Waals surface area contributed by atoms with Crippen LogP contribution in [0.25, 0.3) is 0 Å². The molecular weight excluding hydrogens is 198 g/mol. The molecule has 2 aliphatic rings. The molecule has 0 aliphatic heterocycles. The summed E-state index contributed by atoms with van der Waals surface area (Å²) < 4.78 is 2.21. The van der Waals surface area contributed by atoms with E-state index in [9.17, 15) is 0 Å². The van der Waals surface area contributed by atoms with Gasteiger partial charge in [-0.1, -0.05) is 12.8 Å². The summed E-state index contributed by atoms with van der Waals surface area (Å²) in [5.41, 5.74) is 2.60. The third-order valence-electron chi connectivity index (χ3n) is 3.88. The molecule has 0 atom stereocenters. The molecule has 3 heteroatoms. The maximum atomic E-state index is 4.67. The first-order valence-corrected chi connectivity index (χ1v) is 6.61. The van der Waals surface area contributed by atoms with Crippen LogP contribution >= 0.6 is 0 Å². The van der Waals surface area contributed by atoms with Crippen molar-refractivity contribution < 1.29 is 0 Å². The average Bonchev–Trinajstić information content (AvgIpc) is 2.80. The molecule has 3 nitrogen and oxygen atoms in total. The van der Waals surface area contributed by atoms with Crippen LogP contribution in [0.2, 0.25) is 0 Å². The number of nitrogens with one attached hydrogen (secondary N) is 1. The Morgan fingerprint density at radius 3 is 2.75 bits per heavy atom. The second-order valence-corrected chi connectivity index (χ2v) is 5.31. The fourth-order valence-corrected chi connectivity index (χ4v) is 2.59. The molecule has 1 N–H and O–H groups in total. The molecule has 0 spiro atoms. The second-order valence-electron chi connectivity index (χ2n) is 5.31. The van der Waals surface area contributed by atoms with Crippen molar-refractivity contribution in [3.05, 3.63) is 17.5 Å². The lowest BCUT2D eigenvalue weighted by Crippen LogP contribution is -2.15. The predicted octanol–water partition coefficient (Wildman–Crippen LogP) is 2.56. The van der Waals surface area contributed by atoms with E-state index >= 15 is 0 Å². The van der Waals surface area contributed by atoms with Gasteiger partial charge in [0.05, 0.1) is 11.7 Å². The minimum Gasteiger partial charge on any atom is -0.310 e. The molecule has 0 saturated heterocycles. The van der Waals surface area contributed by atoms with E-state index in [0.717, 1.165) is 12.6 Å². The summed E-state index contributed by atoms with van der Waals surface area (Å²) >= 11 is 0. The van der Waals surface area contributed by atoms with E-state index in [-0.39, 0.29) is 0 Å². The van der Waals surface area contributed by atoms with E-state index in [4.69, 9.17) is 0 Å². The first kappa shape index (κ1) is 10.3. The fraction of sp³-hybridized carbons (Fsp3) is 0.769. The van der Waals surface area contributed by atoms with Gasteiger partial charge >= 0.3 is 0 Å². The molecule has 0 bridgehead atoms. The molecule has 2 aliphatic carbocycles. The first-order valence-electron chi connectivity index (χ1n) is 6.61. The van der Waals surface area contributed by atoms with Crippen LogP contribution in [0.4, 0.5) is 0 Å². The maximum absolute atomic E-state index is 4.67. The van der Waals surface area contributed by atoms with E-state index < -0.39 is 0 Å². The molecule has 0 radical (unpaired) electrons. The van der Waals surface area contributed by atoms with Gasteiger partial charge in [-0.2, -0.15) is 5.10 Å². The Morgan fingerprint density at radius 1 is 1.31 bits per heavy atom. The molecule has 16 heavy (non-hydrogen) atoms. The third kappa shape index (κ3) is 2.14. The topological polar surface area (TPSA) is 29.9 Å². The Balaban J connectivity index is 1.67. The van der Waals surface area contributed by atoms with Gasteiger partial charge in [-0.05, 0) is 32.6 Å².